The van der Waals surface area contributed by atoms with E-state index in [1.54, 1.807) is 0 Å². The van der Waals surface area contributed by atoms with Crippen molar-refractivity contribution in [2.45, 2.75) is 194 Å². The molecule has 3 heterocycles. The zero-order chi connectivity index (χ0) is 50.8. The van der Waals surface area contributed by atoms with Crippen molar-refractivity contribution in [3.63, 3.8) is 0 Å². The molecule has 0 radical (unpaired) electrons. The Morgan fingerprint density at radius 1 is 0.500 bits per heavy atom. The first kappa shape index (κ1) is 46.3. The SMILES string of the molecule is Cc1cc2c3c(c1)N(c1ccc4c(c1)C(C)(C)CCC4(C)C)c1c(oc4cc5c(cc14)C(C)(C)CCC5(C)C)B3c1cc3c(cc1N2c1cccc2c1-c1cc(C(C)(C)C)ccc1C2)C(C)(C)CCC3(C)C. The molecule has 0 bridgehead atoms. The Kier molecular flexibility index (Phi) is 9.28. The molecule has 0 unspecified atom stereocenters. The van der Waals surface area contributed by atoms with Gasteiger partial charge in [-0.1, -0.05) is 146 Å². The predicted molar refractivity (Wildman–Crippen MR) is 308 cm³/mol. The molecule has 0 amide bonds. The molecule has 7 aromatic rings. The molecule has 1 aromatic heterocycles. The minimum absolute atomic E-state index is 0.0225. The second-order valence-electron chi connectivity index (χ2n) is 28.6. The maximum atomic E-state index is 7.78. The van der Waals surface area contributed by atoms with Crippen LogP contribution < -0.4 is 26.4 Å². The van der Waals surface area contributed by atoms with Gasteiger partial charge in [0.25, 0.3) is 6.71 Å². The van der Waals surface area contributed by atoms with E-state index in [9.17, 15) is 0 Å². The molecule has 0 saturated carbocycles. The normalized spacial score (nSPS) is 20.7. The summed E-state index contributed by atoms with van der Waals surface area (Å²) in [7, 11) is 0. The molecule has 6 aliphatic rings. The molecule has 0 atom stereocenters. The van der Waals surface area contributed by atoms with E-state index in [0.717, 1.165) is 43.3 Å². The summed E-state index contributed by atoms with van der Waals surface area (Å²) in [6.07, 6.45) is 7.95. The highest BCUT2D eigenvalue weighted by Gasteiger charge is 2.51. The van der Waals surface area contributed by atoms with Gasteiger partial charge in [-0.05, 0) is 210 Å². The lowest BCUT2D eigenvalue weighted by atomic mass is 9.35. The Hall–Kier alpha value is -5.48. The van der Waals surface area contributed by atoms with Gasteiger partial charge in [-0.2, -0.15) is 0 Å². The number of benzene rings is 6. The van der Waals surface area contributed by atoms with Gasteiger partial charge in [0.15, 0.2) is 0 Å². The van der Waals surface area contributed by atoms with Crippen LogP contribution in [0.3, 0.4) is 0 Å². The maximum Gasteiger partial charge on any atom is 0.297 e. The standard InChI is InChI=1S/C68H77BN2O/c1-39-30-55-59-56(31-39)71(53-19-17-18-41-32-40-20-21-42(62(2,3)4)33-44(40)58(41)53)54-37-50-49(66(11,12)27-28-67(50,13)14)36-52(54)69(59)61-60(45-35-48-51(38-57(45)72-61)68(15,16)29-26-65(48,9)10)70(55)43-22-23-46-47(34-43)64(7,8)25-24-63(46,5)6/h17-23,30-31,33-38H,24-29,32H2,1-16H3. The Morgan fingerprint density at radius 2 is 1.06 bits per heavy atom. The average Bonchev–Trinajstić information content (AvgIpc) is 3.88. The van der Waals surface area contributed by atoms with Gasteiger partial charge in [0.2, 0.25) is 0 Å². The second kappa shape index (κ2) is 14.4. The largest absolute Gasteiger partial charge is 0.468 e. The van der Waals surface area contributed by atoms with Crippen LogP contribution in [0.25, 0.3) is 22.1 Å². The van der Waals surface area contributed by atoms with Gasteiger partial charge in [-0.25, -0.2) is 0 Å². The molecule has 0 fully saturated rings. The van der Waals surface area contributed by atoms with Gasteiger partial charge in [0.05, 0.1) is 17.0 Å². The first-order chi connectivity index (χ1) is 33.7. The van der Waals surface area contributed by atoms with Gasteiger partial charge in [-0.3, -0.25) is 0 Å². The molecule has 72 heavy (non-hydrogen) atoms. The smallest absolute Gasteiger partial charge is 0.297 e. The summed E-state index contributed by atoms with van der Waals surface area (Å²) in [5, 5.41) is 1.23. The van der Waals surface area contributed by atoms with E-state index in [2.05, 4.69) is 212 Å². The average molecular weight is 949 g/mol. The summed E-state index contributed by atoms with van der Waals surface area (Å²) in [5.74, 6) is 0. The zero-order valence-corrected chi connectivity index (χ0v) is 46.5. The minimum atomic E-state index is -0.116. The summed E-state index contributed by atoms with van der Waals surface area (Å²) in [6, 6.07) is 37.4. The third-order valence-corrected chi connectivity index (χ3v) is 19.8. The van der Waals surface area contributed by atoms with Crippen molar-refractivity contribution in [3.8, 4) is 11.1 Å². The highest BCUT2D eigenvalue weighted by molar-refractivity contribution is 7.00. The fourth-order valence-electron chi connectivity index (χ4n) is 14.8. The molecule has 368 valence electrons. The number of anilines is 6. The van der Waals surface area contributed by atoms with Gasteiger partial charge in [0.1, 0.15) is 5.58 Å². The van der Waals surface area contributed by atoms with Gasteiger partial charge in [-0.15, -0.1) is 0 Å². The number of nitrogens with zero attached hydrogens (tertiary/aromatic N) is 2. The highest BCUT2D eigenvalue weighted by atomic mass is 16.3. The second-order valence-corrected chi connectivity index (χ2v) is 28.6. The van der Waals surface area contributed by atoms with Gasteiger partial charge < -0.3 is 14.2 Å². The van der Waals surface area contributed by atoms with Crippen LogP contribution in [0.2, 0.25) is 0 Å². The molecule has 0 spiro atoms. The van der Waals surface area contributed by atoms with Crippen LogP contribution in [-0.4, -0.2) is 6.71 Å². The summed E-state index contributed by atoms with van der Waals surface area (Å²) in [6.45, 7) is 38.9. The summed E-state index contributed by atoms with van der Waals surface area (Å²) < 4.78 is 7.78. The van der Waals surface area contributed by atoms with Crippen LogP contribution in [-0.2, 0) is 44.3 Å². The number of fused-ring (bicyclic) bond motifs is 12. The van der Waals surface area contributed by atoms with Crippen LogP contribution in [0.15, 0.2) is 95.4 Å². The van der Waals surface area contributed by atoms with E-state index < -0.39 is 0 Å². The Morgan fingerprint density at radius 3 is 1.68 bits per heavy atom. The van der Waals surface area contributed by atoms with Crippen LogP contribution in [0.1, 0.15) is 198 Å². The third kappa shape index (κ3) is 6.41. The minimum Gasteiger partial charge on any atom is -0.468 e. The molecular formula is C68H77BN2O. The van der Waals surface area contributed by atoms with Gasteiger partial charge in [0, 0.05) is 33.7 Å². The summed E-state index contributed by atoms with van der Waals surface area (Å²) >= 11 is 0. The van der Waals surface area contributed by atoms with E-state index in [0.29, 0.717) is 0 Å². The fourth-order valence-corrected chi connectivity index (χ4v) is 14.8. The molecular weight excluding hydrogens is 872 g/mol. The monoisotopic (exact) mass is 949 g/mol. The molecule has 3 nitrogen and oxygen atoms in total. The molecule has 0 saturated heterocycles. The van der Waals surface area contributed by atoms with E-state index >= 15 is 0 Å². The van der Waals surface area contributed by atoms with Crippen LogP contribution >= 0.6 is 0 Å². The van der Waals surface area contributed by atoms with Crippen LogP contribution in [0.5, 0.6) is 0 Å². The number of furan rings is 1. The molecule has 0 N–H and O–H groups in total. The number of hydrogen-bond donors (Lipinski definition) is 0. The lowest BCUT2D eigenvalue weighted by Gasteiger charge is -2.47. The number of aryl methyl sites for hydroxylation is 1. The van der Waals surface area contributed by atoms with Crippen molar-refractivity contribution in [1.29, 1.82) is 0 Å². The Labute approximate surface area is 431 Å². The van der Waals surface area contributed by atoms with Crippen molar-refractivity contribution in [3.05, 3.63) is 147 Å². The van der Waals surface area contributed by atoms with E-state index in [1.807, 2.05) is 0 Å². The molecule has 2 aliphatic heterocycles. The molecule has 4 heteroatoms. The number of hydrogen-bond acceptors (Lipinski definition) is 3. The first-order valence-electron chi connectivity index (χ1n) is 27.6. The number of rotatable bonds is 2. The third-order valence-electron chi connectivity index (χ3n) is 19.8. The molecule has 6 aromatic carbocycles. The fraction of sp³-hybridized carbons (Fsp3) is 0.441. The summed E-state index contributed by atoms with van der Waals surface area (Å²) in [4.78, 5) is 5.39. The van der Waals surface area contributed by atoms with Crippen molar-refractivity contribution in [2.75, 3.05) is 9.80 Å². The van der Waals surface area contributed by atoms with Gasteiger partial charge >= 0.3 is 0 Å². The van der Waals surface area contributed by atoms with Crippen molar-refractivity contribution < 1.29 is 4.42 Å². The highest BCUT2D eigenvalue weighted by Crippen LogP contribution is 2.56. The van der Waals surface area contributed by atoms with E-state index in [1.165, 1.54) is 130 Å². The topological polar surface area (TPSA) is 19.6 Å². The van der Waals surface area contributed by atoms with Crippen molar-refractivity contribution in [2.24, 2.45) is 0 Å². The van der Waals surface area contributed by atoms with Crippen LogP contribution in [0.4, 0.5) is 34.1 Å². The summed E-state index contributed by atoms with van der Waals surface area (Å²) in [5.41, 5.74) is 29.8. The van der Waals surface area contributed by atoms with E-state index in [4.69, 9.17) is 4.42 Å². The molecule has 13 rings (SSSR count). The first-order valence-corrected chi connectivity index (χ1v) is 27.6. The van der Waals surface area contributed by atoms with Crippen LogP contribution in [0, 0.1) is 6.92 Å². The lowest BCUT2D eigenvalue weighted by molar-refractivity contribution is 0.332. The predicted octanol–water partition coefficient (Wildman–Crippen LogP) is 16.7. The zero-order valence-electron chi connectivity index (χ0n) is 46.5. The Bertz CT molecular complexity index is 3530. The maximum absolute atomic E-state index is 7.78. The quantitative estimate of drug-likeness (QED) is 0.161. The van der Waals surface area contributed by atoms with Crippen molar-refractivity contribution >= 4 is 68.4 Å². The lowest BCUT2D eigenvalue weighted by Crippen LogP contribution is -2.61. The molecule has 4 aliphatic carbocycles. The van der Waals surface area contributed by atoms with E-state index in [-0.39, 0.29) is 44.6 Å². The Balaban J connectivity index is 1.17. The van der Waals surface area contributed by atoms with Crippen molar-refractivity contribution in [1.82, 2.24) is 0 Å².